The van der Waals surface area contributed by atoms with Crippen LogP contribution in [0.5, 0.6) is 5.75 Å². The van der Waals surface area contributed by atoms with E-state index < -0.39 is 5.82 Å². The monoisotopic (exact) mass is 578 g/mol. The van der Waals surface area contributed by atoms with Crippen molar-refractivity contribution in [3.05, 3.63) is 72.9 Å². The minimum Gasteiger partial charge on any atom is -0.492 e. The predicted molar refractivity (Wildman–Crippen MR) is 165 cm³/mol. The van der Waals surface area contributed by atoms with Crippen LogP contribution in [0.3, 0.4) is 0 Å². The molecule has 0 bridgehead atoms. The van der Waals surface area contributed by atoms with Crippen LogP contribution in [0.15, 0.2) is 67.1 Å². The van der Waals surface area contributed by atoms with Gasteiger partial charge in [0.2, 0.25) is 5.91 Å². The van der Waals surface area contributed by atoms with Crippen LogP contribution in [-0.2, 0) is 4.79 Å². The van der Waals surface area contributed by atoms with E-state index in [-0.39, 0.29) is 5.91 Å². The van der Waals surface area contributed by atoms with E-state index in [9.17, 15) is 9.18 Å². The molecule has 0 aliphatic heterocycles. The molecule has 1 amide bonds. The van der Waals surface area contributed by atoms with Gasteiger partial charge in [0, 0.05) is 47.9 Å². The topological polar surface area (TPSA) is 125 Å². The van der Waals surface area contributed by atoms with Gasteiger partial charge in [-0.25, -0.2) is 9.37 Å². The molecule has 0 saturated heterocycles. The first-order valence-electron chi connectivity index (χ1n) is 14.0. The number of hydrogen-bond acceptors (Lipinski definition) is 7. The molecule has 3 N–H and O–H groups in total. The molecule has 4 aromatic heterocycles. The first-order valence-corrected chi connectivity index (χ1v) is 14.0. The van der Waals surface area contributed by atoms with Gasteiger partial charge in [-0.15, -0.1) is 0 Å². The molecular formula is C32H31FN8O2. The number of nitrogens with one attached hydrogen (secondary N) is 3. The number of rotatable bonds is 10. The Morgan fingerprint density at radius 3 is 2.72 bits per heavy atom. The summed E-state index contributed by atoms with van der Waals surface area (Å²) >= 11 is 0. The Morgan fingerprint density at radius 1 is 1.00 bits per heavy atom. The Labute approximate surface area is 247 Å². The van der Waals surface area contributed by atoms with Crippen molar-refractivity contribution >= 4 is 33.5 Å². The highest BCUT2D eigenvalue weighted by molar-refractivity contribution is 5.98. The minimum absolute atomic E-state index is 0.0425. The van der Waals surface area contributed by atoms with E-state index in [1.807, 2.05) is 56.3 Å². The number of imidazole rings is 1. The van der Waals surface area contributed by atoms with E-state index in [0.717, 1.165) is 34.0 Å². The van der Waals surface area contributed by atoms with Crippen LogP contribution in [-0.4, -0.2) is 68.2 Å². The molecule has 0 spiro atoms. The van der Waals surface area contributed by atoms with Crippen LogP contribution >= 0.6 is 0 Å². The number of carbonyl (C=O) groups is 1. The van der Waals surface area contributed by atoms with Gasteiger partial charge in [-0.3, -0.25) is 19.9 Å². The highest BCUT2D eigenvalue weighted by atomic mass is 19.1. The highest BCUT2D eigenvalue weighted by Gasteiger charge is 2.18. The van der Waals surface area contributed by atoms with Crippen LogP contribution in [0.2, 0.25) is 0 Å². The van der Waals surface area contributed by atoms with Crippen molar-refractivity contribution < 1.29 is 13.9 Å². The predicted octanol–water partition coefficient (Wildman–Crippen LogP) is 6.05. The summed E-state index contributed by atoms with van der Waals surface area (Å²) in [7, 11) is 3.91. The number of benzene rings is 2. The van der Waals surface area contributed by atoms with Crippen molar-refractivity contribution in [2.24, 2.45) is 0 Å². The fourth-order valence-corrected chi connectivity index (χ4v) is 4.88. The van der Waals surface area contributed by atoms with Gasteiger partial charge < -0.3 is 19.9 Å². The standard InChI is InChI=1S/C32H31FN8O2/c1-4-5-28(42)36-23-13-21(17-34-18-23)19-6-7-26-25(15-19)30(40-39-26)32-37-27-8-9-35-29(31(27)38-32)20-12-22(33)16-24(14-20)43-11-10-41(2)3/h6-9,12-18H,4-5,10-11H2,1-3H3,(H,36,42)(H,37,38)(H,39,40). The van der Waals surface area contributed by atoms with Crippen LogP contribution in [0, 0.1) is 5.82 Å². The molecule has 0 saturated carbocycles. The fourth-order valence-electron chi connectivity index (χ4n) is 4.88. The molecule has 0 atom stereocenters. The first kappa shape index (κ1) is 28.0. The Morgan fingerprint density at radius 2 is 1.88 bits per heavy atom. The number of aromatic amines is 2. The van der Waals surface area contributed by atoms with Gasteiger partial charge in [-0.1, -0.05) is 13.0 Å². The third-order valence-corrected chi connectivity index (χ3v) is 6.97. The minimum atomic E-state index is -0.416. The SMILES string of the molecule is CCCC(=O)Nc1cncc(-c2ccc3[nH]nc(-c4nc5c(-c6cc(F)cc(OCCN(C)C)c6)nccc5[nH]4)c3c2)c1. The summed E-state index contributed by atoms with van der Waals surface area (Å²) in [5.74, 6) is 0.520. The lowest BCUT2D eigenvalue weighted by Gasteiger charge is -2.12. The van der Waals surface area contributed by atoms with E-state index in [1.165, 1.54) is 12.1 Å². The number of halogens is 1. The van der Waals surface area contributed by atoms with Gasteiger partial charge >= 0.3 is 0 Å². The summed E-state index contributed by atoms with van der Waals surface area (Å²) in [6.07, 6.45) is 6.28. The van der Waals surface area contributed by atoms with Gasteiger partial charge in [0.15, 0.2) is 5.82 Å². The van der Waals surface area contributed by atoms with E-state index in [1.54, 1.807) is 24.7 Å². The zero-order valence-electron chi connectivity index (χ0n) is 24.1. The third-order valence-electron chi connectivity index (χ3n) is 6.97. The van der Waals surface area contributed by atoms with Gasteiger partial charge in [0.1, 0.15) is 29.4 Å². The molecule has 0 unspecified atom stereocenters. The molecular weight excluding hydrogens is 547 g/mol. The van der Waals surface area contributed by atoms with E-state index in [0.29, 0.717) is 59.3 Å². The lowest BCUT2D eigenvalue weighted by molar-refractivity contribution is -0.116. The number of likely N-dealkylation sites (N-methyl/N-ethyl adjacent to an activating group) is 1. The summed E-state index contributed by atoms with van der Waals surface area (Å²) in [4.78, 5) is 31.2. The van der Waals surface area contributed by atoms with Crippen LogP contribution in [0.4, 0.5) is 10.1 Å². The van der Waals surface area contributed by atoms with Crippen molar-refractivity contribution in [2.45, 2.75) is 19.8 Å². The first-order chi connectivity index (χ1) is 20.9. The van der Waals surface area contributed by atoms with Crippen LogP contribution < -0.4 is 10.1 Å². The second-order valence-electron chi connectivity index (χ2n) is 10.6. The maximum absolute atomic E-state index is 14.6. The summed E-state index contributed by atoms with van der Waals surface area (Å²) in [6, 6.07) is 14.2. The highest BCUT2D eigenvalue weighted by Crippen LogP contribution is 2.34. The lowest BCUT2D eigenvalue weighted by Crippen LogP contribution is -2.19. The Bertz CT molecular complexity index is 1930. The van der Waals surface area contributed by atoms with Crippen molar-refractivity contribution in [1.29, 1.82) is 0 Å². The maximum Gasteiger partial charge on any atom is 0.224 e. The van der Waals surface area contributed by atoms with Gasteiger partial charge in [0.25, 0.3) is 0 Å². The zero-order valence-corrected chi connectivity index (χ0v) is 24.1. The van der Waals surface area contributed by atoms with E-state index in [4.69, 9.17) is 9.72 Å². The average Bonchev–Trinajstić information content (AvgIpc) is 3.60. The molecule has 6 rings (SSSR count). The maximum atomic E-state index is 14.6. The van der Waals surface area contributed by atoms with Gasteiger partial charge in [-0.05, 0) is 62.5 Å². The molecule has 4 heterocycles. The van der Waals surface area contributed by atoms with E-state index in [2.05, 4.69) is 30.5 Å². The molecule has 11 heteroatoms. The van der Waals surface area contributed by atoms with Crippen molar-refractivity contribution in [3.8, 4) is 39.7 Å². The number of ether oxygens (including phenoxy) is 1. The molecule has 0 fully saturated rings. The molecule has 0 radical (unpaired) electrons. The molecule has 0 aliphatic rings. The summed E-state index contributed by atoms with van der Waals surface area (Å²) in [5, 5.41) is 11.4. The molecule has 218 valence electrons. The Balaban J connectivity index is 1.35. The summed E-state index contributed by atoms with van der Waals surface area (Å²) < 4.78 is 20.4. The smallest absolute Gasteiger partial charge is 0.224 e. The molecule has 10 nitrogen and oxygen atoms in total. The largest absolute Gasteiger partial charge is 0.492 e. The molecule has 0 aliphatic carbocycles. The summed E-state index contributed by atoms with van der Waals surface area (Å²) in [6.45, 7) is 3.10. The lowest BCUT2D eigenvalue weighted by atomic mass is 10.0. The van der Waals surface area contributed by atoms with Crippen molar-refractivity contribution in [3.63, 3.8) is 0 Å². The molecule has 2 aromatic carbocycles. The van der Waals surface area contributed by atoms with Crippen LogP contribution in [0.1, 0.15) is 19.8 Å². The fraction of sp³-hybridized carbons (Fsp3) is 0.219. The average molecular weight is 579 g/mol. The van der Waals surface area contributed by atoms with Gasteiger partial charge in [0.05, 0.1) is 28.6 Å². The molecule has 43 heavy (non-hydrogen) atoms. The third kappa shape index (κ3) is 6.07. The van der Waals surface area contributed by atoms with Crippen molar-refractivity contribution in [2.75, 3.05) is 32.6 Å². The number of carbonyl (C=O) groups excluding carboxylic acids is 1. The summed E-state index contributed by atoms with van der Waals surface area (Å²) in [5.41, 5.74) is 6.31. The number of anilines is 1. The van der Waals surface area contributed by atoms with Crippen molar-refractivity contribution in [1.82, 2.24) is 35.0 Å². The van der Waals surface area contributed by atoms with E-state index >= 15 is 0 Å². The second kappa shape index (κ2) is 12.0. The number of hydrogen-bond donors (Lipinski definition) is 3. The quantitative estimate of drug-likeness (QED) is 0.181. The normalized spacial score (nSPS) is 11.5. The number of pyridine rings is 2. The zero-order chi connectivity index (χ0) is 29.9. The number of fused-ring (bicyclic) bond motifs is 2. The Hall–Kier alpha value is -5.16. The number of aromatic nitrogens is 6. The number of nitrogens with zero attached hydrogens (tertiary/aromatic N) is 5. The second-order valence-corrected chi connectivity index (χ2v) is 10.6. The molecule has 6 aromatic rings. The Kier molecular flexibility index (Phi) is 7.80. The van der Waals surface area contributed by atoms with Crippen LogP contribution in [0.25, 0.3) is 55.8 Å². The number of H-pyrrole nitrogens is 2. The number of amides is 1. The van der Waals surface area contributed by atoms with Gasteiger partial charge in [-0.2, -0.15) is 5.10 Å².